The van der Waals surface area contributed by atoms with Crippen LogP contribution in [0.2, 0.25) is 0 Å². The Hall–Kier alpha value is -2.08. The molecule has 6 heteroatoms. The van der Waals surface area contributed by atoms with Crippen LogP contribution < -0.4 is 10.6 Å². The number of aromatic nitrogens is 2. The molecule has 2 aromatic rings. The van der Waals surface area contributed by atoms with Crippen LogP contribution in [0.5, 0.6) is 0 Å². The summed E-state index contributed by atoms with van der Waals surface area (Å²) in [7, 11) is 1.84. The molecule has 1 saturated heterocycles. The van der Waals surface area contributed by atoms with Crippen molar-refractivity contribution in [3.8, 4) is 0 Å². The first kappa shape index (κ1) is 18.7. The Morgan fingerprint density at radius 2 is 2.08 bits per heavy atom. The van der Waals surface area contributed by atoms with Gasteiger partial charge in [0.25, 0.3) is 0 Å². The maximum Gasteiger partial charge on any atom is 0.191 e. The largest absolute Gasteiger partial charge is 0.355 e. The van der Waals surface area contributed by atoms with Gasteiger partial charge in [-0.05, 0) is 38.8 Å². The van der Waals surface area contributed by atoms with Crippen LogP contribution >= 0.6 is 0 Å². The predicted octanol–water partition coefficient (Wildman–Crippen LogP) is 2.24. The Kier molecular flexibility index (Phi) is 5.81. The number of para-hydroxylation sites is 2. The molecule has 1 aliphatic heterocycles. The lowest BCUT2D eigenvalue weighted by molar-refractivity contribution is 0.265. The van der Waals surface area contributed by atoms with E-state index in [2.05, 4.69) is 76.0 Å². The molecule has 1 aromatic heterocycles. The second-order valence-corrected chi connectivity index (χ2v) is 7.57. The normalized spacial score (nSPS) is 21.7. The molecule has 0 spiro atoms. The molecule has 142 valence electrons. The quantitative estimate of drug-likeness (QED) is 0.637. The minimum Gasteiger partial charge on any atom is -0.355 e. The van der Waals surface area contributed by atoms with Crippen molar-refractivity contribution in [1.29, 1.82) is 0 Å². The van der Waals surface area contributed by atoms with Gasteiger partial charge in [-0.25, -0.2) is 4.98 Å². The highest BCUT2D eigenvalue weighted by molar-refractivity contribution is 5.80. The molecule has 1 aliphatic rings. The zero-order valence-electron chi connectivity index (χ0n) is 16.7. The van der Waals surface area contributed by atoms with Crippen LogP contribution in [0.3, 0.4) is 0 Å². The van der Waals surface area contributed by atoms with Crippen LogP contribution in [0, 0.1) is 12.8 Å². The monoisotopic (exact) mass is 356 g/mol. The second-order valence-electron chi connectivity index (χ2n) is 7.57. The highest BCUT2D eigenvalue weighted by atomic mass is 15.3. The minimum absolute atomic E-state index is 0.444. The Morgan fingerprint density at radius 3 is 2.77 bits per heavy atom. The Labute approximate surface area is 156 Å². The fourth-order valence-electron chi connectivity index (χ4n) is 3.75. The molecule has 26 heavy (non-hydrogen) atoms. The molecule has 0 saturated carbocycles. The first-order valence-electron chi connectivity index (χ1n) is 9.62. The van der Waals surface area contributed by atoms with E-state index in [1.165, 1.54) is 5.52 Å². The third-order valence-corrected chi connectivity index (χ3v) is 5.39. The number of aryl methyl sites for hydroxylation is 1. The van der Waals surface area contributed by atoms with Gasteiger partial charge in [-0.15, -0.1) is 0 Å². The molecule has 0 bridgehead atoms. The van der Waals surface area contributed by atoms with Gasteiger partial charge in [-0.1, -0.05) is 19.1 Å². The summed E-state index contributed by atoms with van der Waals surface area (Å²) in [5, 5.41) is 7.07. The van der Waals surface area contributed by atoms with Crippen molar-refractivity contribution >= 4 is 17.0 Å². The SMILES string of the molecule is CN=C(NCCn1c(C)nc2ccccc21)NC1CN(C(C)C)CC1C. The maximum absolute atomic E-state index is 4.63. The Morgan fingerprint density at radius 1 is 1.31 bits per heavy atom. The fraction of sp³-hybridized carbons (Fsp3) is 0.600. The van der Waals surface area contributed by atoms with Crippen molar-refractivity contribution in [2.24, 2.45) is 10.9 Å². The van der Waals surface area contributed by atoms with Gasteiger partial charge >= 0.3 is 0 Å². The van der Waals surface area contributed by atoms with E-state index in [0.717, 1.165) is 43.5 Å². The molecule has 1 aromatic carbocycles. The van der Waals surface area contributed by atoms with Gasteiger partial charge in [-0.3, -0.25) is 9.89 Å². The summed E-state index contributed by atoms with van der Waals surface area (Å²) in [6.07, 6.45) is 0. The number of fused-ring (bicyclic) bond motifs is 1. The van der Waals surface area contributed by atoms with E-state index >= 15 is 0 Å². The van der Waals surface area contributed by atoms with Gasteiger partial charge in [-0.2, -0.15) is 0 Å². The van der Waals surface area contributed by atoms with Crippen LogP contribution in [-0.2, 0) is 6.54 Å². The number of hydrogen-bond donors (Lipinski definition) is 2. The number of imidazole rings is 1. The summed E-state index contributed by atoms with van der Waals surface area (Å²) < 4.78 is 2.26. The molecule has 2 N–H and O–H groups in total. The van der Waals surface area contributed by atoms with Gasteiger partial charge in [0.15, 0.2) is 5.96 Å². The third kappa shape index (κ3) is 4.01. The number of likely N-dealkylation sites (tertiary alicyclic amines) is 1. The molecule has 3 rings (SSSR count). The van der Waals surface area contributed by atoms with Crippen LogP contribution in [0.1, 0.15) is 26.6 Å². The summed E-state index contributed by atoms with van der Waals surface area (Å²) >= 11 is 0. The van der Waals surface area contributed by atoms with E-state index in [0.29, 0.717) is 18.0 Å². The summed E-state index contributed by atoms with van der Waals surface area (Å²) in [6, 6.07) is 9.33. The number of nitrogens with zero attached hydrogens (tertiary/aromatic N) is 4. The van der Waals surface area contributed by atoms with E-state index in [1.807, 2.05) is 13.1 Å². The summed E-state index contributed by atoms with van der Waals surface area (Å²) in [6.45, 7) is 12.8. The molecule has 2 atom stereocenters. The van der Waals surface area contributed by atoms with E-state index in [4.69, 9.17) is 0 Å². The lowest BCUT2D eigenvalue weighted by Gasteiger charge is -2.22. The summed E-state index contributed by atoms with van der Waals surface area (Å²) in [4.78, 5) is 11.6. The van der Waals surface area contributed by atoms with Crippen molar-refractivity contribution in [1.82, 2.24) is 25.1 Å². The minimum atomic E-state index is 0.444. The standard InChI is InChI=1S/C20H32N6/c1-14(2)25-12-15(3)18(13-25)24-20(21-5)22-10-11-26-16(4)23-17-8-6-7-9-19(17)26/h6-9,14-15,18H,10-13H2,1-5H3,(H2,21,22,24). The van der Waals surface area contributed by atoms with Gasteiger partial charge < -0.3 is 15.2 Å². The molecular formula is C20H32N6. The van der Waals surface area contributed by atoms with E-state index in [1.54, 1.807) is 0 Å². The number of nitrogens with one attached hydrogen (secondary N) is 2. The lowest BCUT2D eigenvalue weighted by Crippen LogP contribution is -2.47. The highest BCUT2D eigenvalue weighted by Gasteiger charge is 2.31. The molecule has 0 radical (unpaired) electrons. The molecule has 0 amide bonds. The summed E-state index contributed by atoms with van der Waals surface area (Å²) in [5.41, 5.74) is 2.24. The predicted molar refractivity (Wildman–Crippen MR) is 109 cm³/mol. The average molecular weight is 357 g/mol. The number of rotatable bonds is 5. The molecular weight excluding hydrogens is 324 g/mol. The van der Waals surface area contributed by atoms with Gasteiger partial charge in [0, 0.05) is 45.3 Å². The fourth-order valence-corrected chi connectivity index (χ4v) is 3.75. The molecule has 1 fully saturated rings. The van der Waals surface area contributed by atoms with Gasteiger partial charge in [0.05, 0.1) is 11.0 Å². The van der Waals surface area contributed by atoms with Crippen molar-refractivity contribution in [3.63, 3.8) is 0 Å². The van der Waals surface area contributed by atoms with Gasteiger partial charge in [0.2, 0.25) is 0 Å². The molecule has 6 nitrogen and oxygen atoms in total. The van der Waals surface area contributed by atoms with E-state index in [9.17, 15) is 0 Å². The van der Waals surface area contributed by atoms with Crippen LogP contribution in [0.4, 0.5) is 0 Å². The first-order valence-corrected chi connectivity index (χ1v) is 9.62. The van der Waals surface area contributed by atoms with Crippen molar-refractivity contribution in [3.05, 3.63) is 30.1 Å². The van der Waals surface area contributed by atoms with E-state index < -0.39 is 0 Å². The lowest BCUT2D eigenvalue weighted by atomic mass is 10.1. The molecule has 0 aliphatic carbocycles. The van der Waals surface area contributed by atoms with Crippen LogP contribution in [0.15, 0.2) is 29.3 Å². The number of guanidine groups is 1. The maximum atomic E-state index is 4.63. The van der Waals surface area contributed by atoms with Crippen molar-refractivity contribution in [2.75, 3.05) is 26.7 Å². The smallest absolute Gasteiger partial charge is 0.191 e. The molecule has 2 heterocycles. The van der Waals surface area contributed by atoms with Gasteiger partial charge in [0.1, 0.15) is 5.82 Å². The Balaban J connectivity index is 1.55. The average Bonchev–Trinajstić information content (AvgIpc) is 3.14. The number of benzene rings is 1. The van der Waals surface area contributed by atoms with Crippen LogP contribution in [-0.4, -0.2) is 59.2 Å². The number of hydrogen-bond acceptors (Lipinski definition) is 3. The summed E-state index contributed by atoms with van der Waals surface area (Å²) in [5.74, 6) is 2.55. The highest BCUT2D eigenvalue weighted by Crippen LogP contribution is 2.18. The van der Waals surface area contributed by atoms with Crippen LogP contribution in [0.25, 0.3) is 11.0 Å². The first-order chi connectivity index (χ1) is 12.5. The molecule has 2 unspecified atom stereocenters. The zero-order chi connectivity index (χ0) is 18.7. The van der Waals surface area contributed by atoms with E-state index in [-0.39, 0.29) is 0 Å². The van der Waals surface area contributed by atoms with Crippen molar-refractivity contribution in [2.45, 2.75) is 46.3 Å². The number of aliphatic imine (C=N–C) groups is 1. The zero-order valence-corrected chi connectivity index (χ0v) is 16.7. The van der Waals surface area contributed by atoms with Crippen molar-refractivity contribution < 1.29 is 0 Å². The topological polar surface area (TPSA) is 57.5 Å². The Bertz CT molecular complexity index is 763. The third-order valence-electron chi connectivity index (χ3n) is 5.39. The second kappa shape index (κ2) is 8.08.